The molecule has 1 N–H and O–H groups in total. The van der Waals surface area contributed by atoms with Gasteiger partial charge < -0.3 is 5.11 Å². The van der Waals surface area contributed by atoms with Gasteiger partial charge in [0.15, 0.2) is 0 Å². The van der Waals surface area contributed by atoms with Crippen LogP contribution >= 0.6 is 0 Å². The summed E-state index contributed by atoms with van der Waals surface area (Å²) in [5.74, 6) is -1.02. The molecule has 0 aliphatic heterocycles. The first-order valence-electron chi connectivity index (χ1n) is 7.90. The lowest BCUT2D eigenvalue weighted by atomic mass is 10.0. The first kappa shape index (κ1) is 18.4. The van der Waals surface area contributed by atoms with E-state index in [1.807, 2.05) is 13.8 Å². The summed E-state index contributed by atoms with van der Waals surface area (Å²) < 4.78 is 26.6. The molecule has 7 heteroatoms. The van der Waals surface area contributed by atoms with Crippen molar-refractivity contribution in [3.63, 3.8) is 0 Å². The molecule has 0 aliphatic carbocycles. The first-order chi connectivity index (χ1) is 11.2. The Balaban J connectivity index is 2.73. The molecule has 0 atom stereocenters. The van der Waals surface area contributed by atoms with Crippen LogP contribution in [0.5, 0.6) is 0 Å². The number of sulfonamides is 1. The van der Waals surface area contributed by atoms with Gasteiger partial charge in [-0.25, -0.2) is 13.2 Å². The van der Waals surface area contributed by atoms with Crippen molar-refractivity contribution in [3.8, 4) is 0 Å². The zero-order chi connectivity index (χ0) is 18.1. The number of carboxylic acid groups (broad SMARTS) is 1. The third kappa shape index (κ3) is 3.27. The van der Waals surface area contributed by atoms with Crippen LogP contribution < -0.4 is 0 Å². The molecule has 0 spiro atoms. The van der Waals surface area contributed by atoms with Crippen LogP contribution in [0.25, 0.3) is 10.9 Å². The number of aromatic nitrogens is 1. The van der Waals surface area contributed by atoms with Crippen molar-refractivity contribution < 1.29 is 18.3 Å². The number of carboxylic acids is 1. The molecule has 0 amide bonds. The van der Waals surface area contributed by atoms with Crippen LogP contribution in [-0.2, 0) is 10.0 Å². The van der Waals surface area contributed by atoms with Crippen molar-refractivity contribution in [3.05, 3.63) is 35.5 Å². The number of hydrogen-bond donors (Lipinski definition) is 1. The number of carbonyl (C=O) groups is 1. The fourth-order valence-electron chi connectivity index (χ4n) is 2.57. The van der Waals surface area contributed by atoms with Gasteiger partial charge in [-0.2, -0.15) is 4.31 Å². The van der Waals surface area contributed by atoms with E-state index in [9.17, 15) is 18.3 Å². The maximum Gasteiger partial charge on any atom is 0.336 e. The predicted octanol–water partition coefficient (Wildman–Crippen LogP) is 3.09. The molecule has 2 aromatic rings. The minimum Gasteiger partial charge on any atom is -0.478 e. The lowest BCUT2D eigenvalue weighted by Gasteiger charge is -2.19. The second kappa shape index (κ2) is 6.86. The van der Waals surface area contributed by atoms with E-state index in [0.29, 0.717) is 29.7 Å². The number of benzene rings is 1. The van der Waals surface area contributed by atoms with Crippen molar-refractivity contribution in [1.29, 1.82) is 0 Å². The number of rotatable bonds is 6. The molecule has 130 valence electrons. The SMILES string of the molecule is CCN(CC)S(=O)(=O)c1ccc2nc(C(C)C)cc(C(=O)O)c2c1. The molecule has 1 aromatic heterocycles. The average molecular weight is 350 g/mol. The lowest BCUT2D eigenvalue weighted by Crippen LogP contribution is -2.30. The molecule has 0 saturated heterocycles. The maximum atomic E-state index is 12.7. The van der Waals surface area contributed by atoms with Crippen LogP contribution in [0.2, 0.25) is 0 Å². The van der Waals surface area contributed by atoms with E-state index in [1.54, 1.807) is 19.9 Å². The summed E-state index contributed by atoms with van der Waals surface area (Å²) in [5.41, 5.74) is 1.22. The van der Waals surface area contributed by atoms with E-state index in [0.717, 1.165) is 0 Å². The fraction of sp³-hybridized carbons (Fsp3) is 0.412. The van der Waals surface area contributed by atoms with Crippen LogP contribution in [0, 0.1) is 0 Å². The highest BCUT2D eigenvalue weighted by Gasteiger charge is 2.23. The van der Waals surface area contributed by atoms with E-state index >= 15 is 0 Å². The van der Waals surface area contributed by atoms with Crippen LogP contribution in [0.4, 0.5) is 0 Å². The van der Waals surface area contributed by atoms with Crippen molar-refractivity contribution in [2.45, 2.75) is 38.5 Å². The van der Waals surface area contributed by atoms with Gasteiger partial charge >= 0.3 is 5.97 Å². The molecular formula is C17H22N2O4S. The predicted molar refractivity (Wildman–Crippen MR) is 92.9 cm³/mol. The Morgan fingerprint density at radius 3 is 2.33 bits per heavy atom. The number of fused-ring (bicyclic) bond motifs is 1. The fourth-order valence-corrected chi connectivity index (χ4v) is 4.06. The highest BCUT2D eigenvalue weighted by Crippen LogP contribution is 2.26. The molecule has 1 aromatic carbocycles. The van der Waals surface area contributed by atoms with Gasteiger partial charge in [-0.3, -0.25) is 4.98 Å². The van der Waals surface area contributed by atoms with Gasteiger partial charge in [0.1, 0.15) is 0 Å². The summed E-state index contributed by atoms with van der Waals surface area (Å²) in [6, 6.07) is 5.98. The normalized spacial score (nSPS) is 12.2. The van der Waals surface area contributed by atoms with Gasteiger partial charge in [0, 0.05) is 24.2 Å². The van der Waals surface area contributed by atoms with E-state index in [4.69, 9.17) is 0 Å². The first-order valence-corrected chi connectivity index (χ1v) is 9.34. The summed E-state index contributed by atoms with van der Waals surface area (Å²) in [7, 11) is -3.65. The quantitative estimate of drug-likeness (QED) is 0.865. The van der Waals surface area contributed by atoms with E-state index in [1.165, 1.54) is 22.5 Å². The van der Waals surface area contributed by atoms with Crippen LogP contribution in [0.1, 0.15) is 49.7 Å². The van der Waals surface area contributed by atoms with Crippen LogP contribution in [0.3, 0.4) is 0 Å². The second-order valence-electron chi connectivity index (χ2n) is 5.82. The largest absolute Gasteiger partial charge is 0.478 e. The Morgan fingerprint density at radius 2 is 1.83 bits per heavy atom. The van der Waals surface area contributed by atoms with Crippen LogP contribution in [-0.4, -0.2) is 41.9 Å². The van der Waals surface area contributed by atoms with E-state index < -0.39 is 16.0 Å². The van der Waals surface area contributed by atoms with Gasteiger partial charge in [-0.05, 0) is 30.2 Å². The Morgan fingerprint density at radius 1 is 1.21 bits per heavy atom. The van der Waals surface area contributed by atoms with Gasteiger partial charge in [-0.1, -0.05) is 27.7 Å². The highest BCUT2D eigenvalue weighted by atomic mass is 32.2. The Bertz CT molecular complexity index is 872. The van der Waals surface area contributed by atoms with E-state index in [-0.39, 0.29) is 16.4 Å². The number of aromatic carboxylic acids is 1. The van der Waals surface area contributed by atoms with Gasteiger partial charge in [-0.15, -0.1) is 0 Å². The molecule has 1 heterocycles. The maximum absolute atomic E-state index is 12.7. The summed E-state index contributed by atoms with van der Waals surface area (Å²) >= 11 is 0. The van der Waals surface area contributed by atoms with Crippen molar-refractivity contribution in [2.24, 2.45) is 0 Å². The van der Waals surface area contributed by atoms with Gasteiger partial charge in [0.2, 0.25) is 10.0 Å². The summed E-state index contributed by atoms with van der Waals surface area (Å²) in [4.78, 5) is 16.1. The Kier molecular flexibility index (Phi) is 5.25. The molecule has 0 saturated carbocycles. The van der Waals surface area contributed by atoms with Crippen molar-refractivity contribution >= 4 is 26.9 Å². The number of pyridine rings is 1. The van der Waals surface area contributed by atoms with E-state index in [2.05, 4.69) is 4.98 Å². The smallest absolute Gasteiger partial charge is 0.336 e. The summed E-state index contributed by atoms with van der Waals surface area (Å²) in [6.07, 6.45) is 0. The molecule has 2 rings (SSSR count). The standard InChI is InChI=1S/C17H22N2O4S/c1-5-19(6-2)24(22,23)12-7-8-15-13(9-12)14(17(20)21)10-16(18-15)11(3)4/h7-11H,5-6H2,1-4H3,(H,20,21). The molecule has 0 aliphatic rings. The summed E-state index contributed by atoms with van der Waals surface area (Å²) in [6.45, 7) is 8.10. The minimum absolute atomic E-state index is 0.0697. The van der Waals surface area contributed by atoms with Crippen molar-refractivity contribution in [1.82, 2.24) is 9.29 Å². The number of hydrogen-bond acceptors (Lipinski definition) is 4. The summed E-state index contributed by atoms with van der Waals surface area (Å²) in [5, 5.41) is 9.83. The topological polar surface area (TPSA) is 87.6 Å². The van der Waals surface area contributed by atoms with Gasteiger partial charge in [0.25, 0.3) is 0 Å². The van der Waals surface area contributed by atoms with Gasteiger partial charge in [0.05, 0.1) is 16.0 Å². The molecular weight excluding hydrogens is 328 g/mol. The monoisotopic (exact) mass is 350 g/mol. The van der Waals surface area contributed by atoms with Crippen molar-refractivity contribution in [2.75, 3.05) is 13.1 Å². The highest BCUT2D eigenvalue weighted by molar-refractivity contribution is 7.89. The second-order valence-corrected chi connectivity index (χ2v) is 7.76. The Hall–Kier alpha value is -1.99. The zero-order valence-electron chi connectivity index (χ0n) is 14.3. The third-order valence-corrected chi connectivity index (χ3v) is 6.01. The van der Waals surface area contributed by atoms with Crippen LogP contribution in [0.15, 0.2) is 29.2 Å². The average Bonchev–Trinajstić information content (AvgIpc) is 2.53. The Labute approximate surface area is 142 Å². The minimum atomic E-state index is -3.65. The number of nitrogens with zero attached hydrogens (tertiary/aromatic N) is 2. The molecule has 0 bridgehead atoms. The molecule has 6 nitrogen and oxygen atoms in total. The molecule has 0 unspecified atom stereocenters. The third-order valence-electron chi connectivity index (χ3n) is 3.97. The molecule has 0 fully saturated rings. The molecule has 24 heavy (non-hydrogen) atoms. The molecule has 0 radical (unpaired) electrons. The lowest BCUT2D eigenvalue weighted by molar-refractivity contribution is 0.0698. The zero-order valence-corrected chi connectivity index (χ0v) is 15.1.